The molecule has 0 aliphatic heterocycles. The summed E-state index contributed by atoms with van der Waals surface area (Å²) < 4.78 is 37.8. The number of benzene rings is 1. The van der Waals surface area contributed by atoms with Gasteiger partial charge in [0.25, 0.3) is 11.5 Å². The first kappa shape index (κ1) is 27.3. The summed E-state index contributed by atoms with van der Waals surface area (Å²) in [5.74, 6) is 9.67. The summed E-state index contributed by atoms with van der Waals surface area (Å²) in [4.78, 5) is 28.9. The predicted octanol–water partition coefficient (Wildman–Crippen LogP) is 0.606. The lowest BCUT2D eigenvalue weighted by Crippen LogP contribution is -2.50. The van der Waals surface area contributed by atoms with Gasteiger partial charge in [-0.2, -0.15) is 0 Å². The molecule has 0 saturated heterocycles. The maximum absolute atomic E-state index is 14.5. The first-order valence-electron chi connectivity index (χ1n) is 10.1. The molecule has 1 heterocycles. The van der Waals surface area contributed by atoms with Gasteiger partial charge in [0.1, 0.15) is 5.82 Å². The second kappa shape index (κ2) is 10.5. The van der Waals surface area contributed by atoms with E-state index in [9.17, 15) is 22.4 Å². The van der Waals surface area contributed by atoms with E-state index in [1.807, 2.05) is 0 Å². The van der Waals surface area contributed by atoms with Crippen LogP contribution in [0, 0.1) is 41.3 Å². The fourth-order valence-corrected chi connectivity index (χ4v) is 4.11. The summed E-state index contributed by atoms with van der Waals surface area (Å²) >= 11 is 0. The Bertz CT molecular complexity index is 1400. The fourth-order valence-electron chi connectivity index (χ4n) is 3.27. The summed E-state index contributed by atoms with van der Waals surface area (Å²) in [7, 11) is -3.93. The monoisotopic (exact) mass is 510 g/mol. The molecule has 0 bridgehead atoms. The van der Waals surface area contributed by atoms with Crippen molar-refractivity contribution in [2.24, 2.45) is 17.6 Å². The highest BCUT2D eigenvalue weighted by atomic mass is 35.5. The van der Waals surface area contributed by atoms with Gasteiger partial charge >= 0.3 is 0 Å². The molecule has 182 valence electrons. The number of hydroxylamine groups is 1. The highest BCUT2D eigenvalue weighted by Crippen LogP contribution is 2.36. The van der Waals surface area contributed by atoms with E-state index in [0.29, 0.717) is 12.5 Å². The molecule has 0 radical (unpaired) electrons. The minimum atomic E-state index is -3.93. The largest absolute Gasteiger partial charge is 0.330 e. The van der Waals surface area contributed by atoms with E-state index in [-0.39, 0.29) is 47.8 Å². The number of nitrogens with zero attached hydrogens (tertiary/aromatic N) is 2. The van der Waals surface area contributed by atoms with Gasteiger partial charge in [-0.3, -0.25) is 19.4 Å². The Hall–Kier alpha value is -2.96. The number of nitrogens with two attached hydrogens (primary N) is 1. The number of carbonyl (C=O) groups excluding carboxylic acids is 1. The lowest BCUT2D eigenvalue weighted by molar-refractivity contribution is -0.131. The third kappa shape index (κ3) is 5.57. The molecule has 3 atom stereocenters. The van der Waals surface area contributed by atoms with Crippen molar-refractivity contribution in [3.63, 3.8) is 0 Å². The van der Waals surface area contributed by atoms with E-state index < -0.39 is 31.9 Å². The van der Waals surface area contributed by atoms with E-state index in [1.165, 1.54) is 17.9 Å². The van der Waals surface area contributed by atoms with Crippen molar-refractivity contribution in [3.05, 3.63) is 40.2 Å². The summed E-state index contributed by atoms with van der Waals surface area (Å²) in [6, 6.07) is 2.35. The molecule has 12 heteroatoms. The van der Waals surface area contributed by atoms with Gasteiger partial charge < -0.3 is 5.73 Å². The zero-order chi connectivity index (χ0) is 24.4. The topological polar surface area (TPSA) is 144 Å². The van der Waals surface area contributed by atoms with E-state index in [2.05, 4.69) is 28.7 Å². The van der Waals surface area contributed by atoms with Crippen molar-refractivity contribution in [3.8, 4) is 23.7 Å². The van der Waals surface area contributed by atoms with Gasteiger partial charge in [-0.15, -0.1) is 12.4 Å². The number of hydrogen-bond donors (Lipinski definition) is 3. The first-order chi connectivity index (χ1) is 15.5. The van der Waals surface area contributed by atoms with Gasteiger partial charge in [-0.25, -0.2) is 23.3 Å². The molecule has 1 aromatic heterocycles. The van der Waals surface area contributed by atoms with Crippen molar-refractivity contribution < 1.29 is 22.8 Å². The van der Waals surface area contributed by atoms with Gasteiger partial charge in [-0.1, -0.05) is 5.92 Å². The maximum atomic E-state index is 14.5. The number of nitrogens with one attached hydrogen (secondary N) is 1. The molecule has 1 fully saturated rings. The van der Waals surface area contributed by atoms with Crippen LogP contribution in [0.25, 0.3) is 10.9 Å². The molecule has 2 aromatic rings. The minimum absolute atomic E-state index is 0. The third-order valence-electron chi connectivity index (χ3n) is 5.89. The maximum Gasteiger partial charge on any atom is 0.264 e. The van der Waals surface area contributed by atoms with E-state index in [0.717, 1.165) is 30.2 Å². The van der Waals surface area contributed by atoms with Crippen LogP contribution < -0.4 is 16.8 Å². The van der Waals surface area contributed by atoms with Crippen molar-refractivity contribution in [2.75, 3.05) is 12.8 Å². The highest BCUT2D eigenvalue weighted by Gasteiger charge is 2.43. The predicted molar refractivity (Wildman–Crippen MR) is 126 cm³/mol. The average molecular weight is 511 g/mol. The molecule has 0 spiro atoms. The number of sulfone groups is 1. The van der Waals surface area contributed by atoms with Crippen LogP contribution in [-0.4, -0.2) is 46.6 Å². The summed E-state index contributed by atoms with van der Waals surface area (Å²) in [6.45, 7) is 1.51. The molecule has 1 aromatic carbocycles. The number of rotatable bonds is 6. The summed E-state index contributed by atoms with van der Waals surface area (Å²) in [5.41, 5.74) is 6.53. The van der Waals surface area contributed by atoms with Crippen LogP contribution in [0.15, 0.2) is 23.3 Å². The number of fused-ring (bicyclic) bond motifs is 1. The summed E-state index contributed by atoms with van der Waals surface area (Å²) in [6.07, 6.45) is 2.66. The summed E-state index contributed by atoms with van der Waals surface area (Å²) in [5, 5.41) is 8.88. The smallest absolute Gasteiger partial charge is 0.264 e. The molecule has 3 rings (SSSR count). The highest BCUT2D eigenvalue weighted by molar-refractivity contribution is 7.92. The standard InChI is InChI=1S/C22H23FN4O5S.ClH/c1-22(21(29)26-30,33(2,31)32)7-8-27-13-25-19-10-15(18(23)11-17(19)20(27)28)6-4-3-5-14-9-16(14)12-24;/h10-11,13-14,16,30H,7-9,12,24H2,1-2H3,(H,26,29);1H/t14-,16+,22-;/m1./s1. The van der Waals surface area contributed by atoms with E-state index in [4.69, 9.17) is 10.9 Å². The molecule has 1 amide bonds. The van der Waals surface area contributed by atoms with E-state index >= 15 is 0 Å². The van der Waals surface area contributed by atoms with Gasteiger partial charge in [0.15, 0.2) is 14.6 Å². The number of aromatic nitrogens is 2. The van der Waals surface area contributed by atoms with Crippen LogP contribution in [0.5, 0.6) is 0 Å². The molecule has 34 heavy (non-hydrogen) atoms. The lowest BCUT2D eigenvalue weighted by atomic mass is 10.1. The van der Waals surface area contributed by atoms with Crippen LogP contribution in [0.4, 0.5) is 4.39 Å². The number of halogens is 2. The zero-order valence-corrected chi connectivity index (χ0v) is 20.1. The Labute approximate surface area is 202 Å². The Kier molecular flexibility index (Phi) is 8.45. The van der Waals surface area contributed by atoms with Crippen molar-refractivity contribution in [1.29, 1.82) is 0 Å². The van der Waals surface area contributed by atoms with Crippen LogP contribution in [-0.2, 0) is 21.2 Å². The Balaban J connectivity index is 0.00000408. The van der Waals surface area contributed by atoms with Crippen LogP contribution in [0.1, 0.15) is 25.3 Å². The van der Waals surface area contributed by atoms with Crippen LogP contribution in [0.2, 0.25) is 0 Å². The van der Waals surface area contributed by atoms with Gasteiger partial charge in [0.05, 0.1) is 22.8 Å². The van der Waals surface area contributed by atoms with Crippen LogP contribution in [0.3, 0.4) is 0 Å². The van der Waals surface area contributed by atoms with Crippen molar-refractivity contribution in [1.82, 2.24) is 15.0 Å². The zero-order valence-electron chi connectivity index (χ0n) is 18.5. The normalized spacial score (nSPS) is 18.4. The third-order valence-corrected chi connectivity index (χ3v) is 7.91. The molecule has 1 aliphatic carbocycles. The molecule has 1 aliphatic rings. The SMILES string of the molecule is C[C@@](CCn1cnc2cc(C#CC#C[C@@H]3C[C@H]3CN)c(F)cc2c1=O)(C(=O)NO)S(C)(=O)=O.Cl. The molecule has 4 N–H and O–H groups in total. The average Bonchev–Trinajstić information content (AvgIpc) is 3.54. The van der Waals surface area contributed by atoms with Gasteiger partial charge in [-0.05, 0) is 62.1 Å². The van der Waals surface area contributed by atoms with Gasteiger partial charge in [0, 0.05) is 18.7 Å². The van der Waals surface area contributed by atoms with Gasteiger partial charge in [0.2, 0.25) is 0 Å². The Morgan fingerprint density at radius 1 is 1.41 bits per heavy atom. The molecule has 1 saturated carbocycles. The first-order valence-corrected chi connectivity index (χ1v) is 12.0. The molecule has 0 unspecified atom stereocenters. The van der Waals surface area contributed by atoms with Crippen molar-refractivity contribution >= 4 is 39.1 Å². The lowest BCUT2D eigenvalue weighted by Gasteiger charge is -2.25. The quantitative estimate of drug-likeness (QED) is 0.293. The second-order valence-electron chi connectivity index (χ2n) is 8.14. The minimum Gasteiger partial charge on any atom is -0.330 e. The number of hydrogen-bond acceptors (Lipinski definition) is 7. The molecule has 9 nitrogen and oxygen atoms in total. The van der Waals surface area contributed by atoms with Crippen molar-refractivity contribution in [2.45, 2.75) is 31.1 Å². The van der Waals surface area contributed by atoms with E-state index in [1.54, 1.807) is 0 Å². The molecular weight excluding hydrogens is 487 g/mol. The number of aryl methyl sites for hydroxylation is 1. The number of amides is 1. The second-order valence-corrected chi connectivity index (χ2v) is 10.6. The fraction of sp³-hybridized carbons (Fsp3) is 0.409. The Morgan fingerprint density at radius 3 is 2.71 bits per heavy atom. The Morgan fingerprint density at radius 2 is 2.12 bits per heavy atom. The van der Waals surface area contributed by atoms with Crippen LogP contribution >= 0.6 is 12.4 Å². The molecular formula is C22H24ClFN4O5S. The number of carbonyl (C=O) groups is 1.